The molecule has 21 heavy (non-hydrogen) atoms. The third kappa shape index (κ3) is 3.49. The summed E-state index contributed by atoms with van der Waals surface area (Å²) in [6.07, 6.45) is 5.57. The van der Waals surface area contributed by atoms with Crippen molar-refractivity contribution in [3.05, 3.63) is 18.0 Å². The fourth-order valence-electron chi connectivity index (χ4n) is 2.95. The Bertz CT molecular complexity index is 557. The van der Waals surface area contributed by atoms with Gasteiger partial charge in [0.25, 0.3) is 0 Å². The Labute approximate surface area is 127 Å². The molecule has 0 saturated carbocycles. The van der Waals surface area contributed by atoms with Crippen LogP contribution in [0.1, 0.15) is 45.2 Å². The van der Waals surface area contributed by atoms with Gasteiger partial charge in [0.2, 0.25) is 10.0 Å². The quantitative estimate of drug-likeness (QED) is 0.875. The first-order valence-electron chi connectivity index (χ1n) is 7.83. The van der Waals surface area contributed by atoms with Crippen LogP contribution < -0.4 is 0 Å². The Morgan fingerprint density at radius 2 is 1.95 bits per heavy atom. The molecule has 2 rings (SSSR count). The Morgan fingerprint density at radius 1 is 1.29 bits per heavy atom. The second kappa shape index (κ2) is 6.94. The van der Waals surface area contributed by atoms with Crippen molar-refractivity contribution in [3.8, 4) is 0 Å². The van der Waals surface area contributed by atoms with E-state index in [1.165, 1.54) is 0 Å². The Morgan fingerprint density at radius 3 is 2.48 bits per heavy atom. The lowest BCUT2D eigenvalue weighted by Gasteiger charge is -2.30. The van der Waals surface area contributed by atoms with Crippen molar-refractivity contribution >= 4 is 10.0 Å². The van der Waals surface area contributed by atoms with E-state index in [1.54, 1.807) is 16.6 Å². The van der Waals surface area contributed by atoms with Crippen LogP contribution in [0.4, 0.5) is 0 Å². The zero-order chi connectivity index (χ0) is 15.5. The number of rotatable bonds is 6. The molecule has 0 bridgehead atoms. The van der Waals surface area contributed by atoms with Crippen LogP contribution in [0.25, 0.3) is 0 Å². The molecule has 1 aromatic rings. The molecular weight excluding hydrogens is 288 g/mol. The minimum absolute atomic E-state index is 0.132. The van der Waals surface area contributed by atoms with E-state index in [2.05, 4.69) is 6.92 Å². The summed E-state index contributed by atoms with van der Waals surface area (Å²) in [5.74, 6) is 0.647. The molecule has 1 N–H and O–H groups in total. The zero-order valence-electron chi connectivity index (χ0n) is 13.0. The average Bonchev–Trinajstić information content (AvgIpc) is 2.91. The largest absolute Gasteiger partial charge is 0.390 e. The van der Waals surface area contributed by atoms with Crippen LogP contribution >= 0.6 is 0 Å². The second-order valence-corrected chi connectivity index (χ2v) is 7.71. The standard InChI is InChI=1S/C15H26N2O3S/c1-3-7-16-11-15(10-14(16)12-18)21(19,20)17-8-5-13(4-2)6-9-17/h10-11,13,18H,3-9,12H2,1-2H3. The molecule has 2 heterocycles. The molecule has 0 aliphatic carbocycles. The normalized spacial score (nSPS) is 18.2. The summed E-state index contributed by atoms with van der Waals surface area (Å²) in [6, 6.07) is 1.61. The summed E-state index contributed by atoms with van der Waals surface area (Å²) >= 11 is 0. The minimum Gasteiger partial charge on any atom is -0.390 e. The molecule has 0 spiro atoms. The number of aryl methyl sites for hydroxylation is 1. The molecule has 1 fully saturated rings. The van der Waals surface area contributed by atoms with Gasteiger partial charge >= 0.3 is 0 Å². The summed E-state index contributed by atoms with van der Waals surface area (Å²) in [5, 5.41) is 9.37. The maximum absolute atomic E-state index is 12.7. The van der Waals surface area contributed by atoms with Crippen LogP contribution in [0.3, 0.4) is 0 Å². The number of piperidine rings is 1. The summed E-state index contributed by atoms with van der Waals surface area (Å²) < 4.78 is 28.8. The number of sulfonamides is 1. The third-order valence-corrected chi connectivity index (χ3v) is 6.24. The van der Waals surface area contributed by atoms with Crippen molar-refractivity contribution < 1.29 is 13.5 Å². The maximum atomic E-state index is 12.7. The summed E-state index contributed by atoms with van der Waals surface area (Å²) in [5.41, 5.74) is 0.666. The second-order valence-electron chi connectivity index (χ2n) is 5.77. The fourth-order valence-corrected chi connectivity index (χ4v) is 4.49. The molecule has 0 radical (unpaired) electrons. The van der Waals surface area contributed by atoms with E-state index in [0.29, 0.717) is 29.6 Å². The topological polar surface area (TPSA) is 62.5 Å². The molecule has 120 valence electrons. The predicted octanol–water partition coefficient (Wildman–Crippen LogP) is 2.20. The first-order chi connectivity index (χ1) is 10.0. The maximum Gasteiger partial charge on any atom is 0.244 e. The van der Waals surface area contributed by atoms with Crippen molar-refractivity contribution in [3.63, 3.8) is 0 Å². The SMILES string of the molecule is CCCn1cc(S(=O)(=O)N2CCC(CC)CC2)cc1CO. The van der Waals surface area contributed by atoms with E-state index in [1.807, 2.05) is 11.5 Å². The highest BCUT2D eigenvalue weighted by Gasteiger charge is 2.30. The van der Waals surface area contributed by atoms with Gasteiger partial charge in [0.15, 0.2) is 0 Å². The van der Waals surface area contributed by atoms with E-state index in [-0.39, 0.29) is 6.61 Å². The van der Waals surface area contributed by atoms with Gasteiger partial charge in [-0.05, 0) is 31.2 Å². The molecule has 6 heteroatoms. The molecule has 5 nitrogen and oxygen atoms in total. The number of hydrogen-bond acceptors (Lipinski definition) is 3. The Balaban J connectivity index is 2.20. The molecule has 1 aromatic heterocycles. The van der Waals surface area contributed by atoms with Crippen LogP contribution in [-0.2, 0) is 23.2 Å². The highest BCUT2D eigenvalue weighted by molar-refractivity contribution is 7.89. The van der Waals surface area contributed by atoms with Crippen LogP contribution in [0.2, 0.25) is 0 Å². The molecule has 1 aliphatic heterocycles. The van der Waals surface area contributed by atoms with Gasteiger partial charge in [-0.3, -0.25) is 0 Å². The number of hydrogen-bond donors (Lipinski definition) is 1. The molecule has 1 saturated heterocycles. The van der Waals surface area contributed by atoms with E-state index < -0.39 is 10.0 Å². The van der Waals surface area contributed by atoms with Gasteiger partial charge in [-0.15, -0.1) is 0 Å². The van der Waals surface area contributed by atoms with Crippen molar-refractivity contribution in [1.82, 2.24) is 8.87 Å². The van der Waals surface area contributed by atoms with Gasteiger partial charge < -0.3 is 9.67 Å². The van der Waals surface area contributed by atoms with Crippen LogP contribution in [0.5, 0.6) is 0 Å². The first kappa shape index (κ1) is 16.5. The number of aliphatic hydroxyl groups excluding tert-OH is 1. The van der Waals surface area contributed by atoms with Crippen molar-refractivity contribution in [2.24, 2.45) is 5.92 Å². The number of nitrogens with zero attached hydrogens (tertiary/aromatic N) is 2. The molecule has 0 unspecified atom stereocenters. The highest BCUT2D eigenvalue weighted by Crippen LogP contribution is 2.26. The molecule has 0 aromatic carbocycles. The molecule has 0 amide bonds. The lowest BCUT2D eigenvalue weighted by Crippen LogP contribution is -2.38. The summed E-state index contributed by atoms with van der Waals surface area (Å²) in [7, 11) is -3.42. The first-order valence-corrected chi connectivity index (χ1v) is 9.27. The lowest BCUT2D eigenvalue weighted by molar-refractivity contribution is 0.269. The molecule has 0 atom stereocenters. The van der Waals surface area contributed by atoms with Crippen LogP contribution in [-0.4, -0.2) is 35.5 Å². The van der Waals surface area contributed by atoms with Gasteiger partial charge in [0.1, 0.15) is 4.90 Å². The minimum atomic E-state index is -3.42. The van der Waals surface area contributed by atoms with E-state index in [0.717, 1.165) is 32.2 Å². The zero-order valence-corrected chi connectivity index (χ0v) is 13.8. The smallest absolute Gasteiger partial charge is 0.244 e. The van der Waals surface area contributed by atoms with Gasteiger partial charge in [-0.1, -0.05) is 20.3 Å². The van der Waals surface area contributed by atoms with E-state index >= 15 is 0 Å². The van der Waals surface area contributed by atoms with E-state index in [4.69, 9.17) is 0 Å². The average molecular weight is 314 g/mol. The molecular formula is C15H26N2O3S. The van der Waals surface area contributed by atoms with Crippen LogP contribution in [0, 0.1) is 5.92 Å². The van der Waals surface area contributed by atoms with Crippen LogP contribution in [0.15, 0.2) is 17.2 Å². The monoisotopic (exact) mass is 314 g/mol. The number of aromatic nitrogens is 1. The van der Waals surface area contributed by atoms with E-state index in [9.17, 15) is 13.5 Å². The van der Waals surface area contributed by atoms with Gasteiger partial charge in [0.05, 0.1) is 6.61 Å². The van der Waals surface area contributed by atoms with Crippen molar-refractivity contribution in [1.29, 1.82) is 0 Å². The number of aliphatic hydroxyl groups is 1. The van der Waals surface area contributed by atoms with Crippen molar-refractivity contribution in [2.75, 3.05) is 13.1 Å². The Kier molecular flexibility index (Phi) is 5.46. The lowest BCUT2D eigenvalue weighted by atomic mass is 9.96. The Hall–Kier alpha value is -0.850. The van der Waals surface area contributed by atoms with Crippen molar-refractivity contribution in [2.45, 2.75) is 57.6 Å². The molecule has 1 aliphatic rings. The summed E-state index contributed by atoms with van der Waals surface area (Å²) in [4.78, 5) is 0.315. The highest BCUT2D eigenvalue weighted by atomic mass is 32.2. The van der Waals surface area contributed by atoms with Gasteiger partial charge in [-0.2, -0.15) is 4.31 Å². The summed E-state index contributed by atoms with van der Waals surface area (Å²) in [6.45, 7) is 6.00. The van der Waals surface area contributed by atoms with Gasteiger partial charge in [0, 0.05) is 31.5 Å². The predicted molar refractivity (Wildman–Crippen MR) is 82.4 cm³/mol. The third-order valence-electron chi connectivity index (χ3n) is 4.38. The van der Waals surface area contributed by atoms with Gasteiger partial charge in [-0.25, -0.2) is 8.42 Å². The fraction of sp³-hybridized carbons (Fsp3) is 0.733.